The van der Waals surface area contributed by atoms with E-state index in [1.165, 1.54) is 0 Å². The third-order valence-electron chi connectivity index (χ3n) is 0. The fraction of sp³-hybridized carbons (Fsp3) is 0. The molecule has 0 fully saturated rings. The van der Waals surface area contributed by atoms with Gasteiger partial charge in [-0.15, -0.1) is 0 Å². The Morgan fingerprint density at radius 2 is 0.812 bits per heavy atom. The molecule has 0 aromatic rings. The molecule has 0 aromatic heterocycles. The van der Waals surface area contributed by atoms with Crippen molar-refractivity contribution in [1.29, 1.82) is 0 Å². The van der Waals surface area contributed by atoms with Gasteiger partial charge >= 0.3 is 126 Å². The van der Waals surface area contributed by atoms with Crippen LogP contribution >= 0.6 is 7.82 Å². The van der Waals surface area contributed by atoms with Crippen molar-refractivity contribution in [2.75, 3.05) is 0 Å². The minimum Gasteiger partial charge on any atom is -0.822 e. The van der Waals surface area contributed by atoms with Crippen molar-refractivity contribution in [2.24, 2.45) is 0 Å². The van der Waals surface area contributed by atoms with Gasteiger partial charge in [-0.05, 0) is 0 Å². The third-order valence-corrected chi connectivity index (χ3v) is 0. The maximum atomic E-state index is 8.55. The molecule has 0 aliphatic carbocycles. The third kappa shape index (κ3) is 309. The molecule has 0 saturated carbocycles. The van der Waals surface area contributed by atoms with Gasteiger partial charge in [-0.2, -0.15) is 7.82 Å². The zero-order valence-corrected chi connectivity index (χ0v) is 18.7. The van der Waals surface area contributed by atoms with Crippen LogP contribution in [-0.4, -0.2) is 66.2 Å². The SMILES string of the molecule is O.O.O=P([O-])([O-])[O-].O=S(=O)([O-])[O-].[Ca+2].[Na+].[Na+].[Na+]. The maximum Gasteiger partial charge on any atom is 2.00 e. The molecule has 0 aromatic carbocycles. The van der Waals surface area contributed by atoms with E-state index in [0.717, 1.165) is 0 Å². The van der Waals surface area contributed by atoms with Crippen LogP contribution in [0.1, 0.15) is 0 Å². The summed E-state index contributed by atoms with van der Waals surface area (Å²) in [5.74, 6) is 0. The van der Waals surface area contributed by atoms with Gasteiger partial charge in [0.2, 0.25) is 0 Å². The van der Waals surface area contributed by atoms with Crippen LogP contribution in [0.25, 0.3) is 0 Å². The number of hydrogen-bond donors (Lipinski definition) is 0. The maximum absolute atomic E-state index is 8.55. The van der Waals surface area contributed by atoms with Crippen molar-refractivity contribution < 1.29 is 136 Å². The first-order chi connectivity index (χ1) is 4.00. The molecule has 0 heterocycles. The van der Waals surface area contributed by atoms with E-state index < -0.39 is 18.2 Å². The Morgan fingerprint density at radius 3 is 0.812 bits per heavy atom. The Balaban J connectivity index is -0.00000000970. The normalized spacial score (nSPS) is 7.31. The molecule has 0 aliphatic rings. The second-order valence-electron chi connectivity index (χ2n) is 0.855. The summed E-state index contributed by atoms with van der Waals surface area (Å²) in [7, 11) is -10.6. The van der Waals surface area contributed by atoms with Crippen molar-refractivity contribution in [3.8, 4) is 0 Å². The predicted molar refractivity (Wildman–Crippen MR) is 31.1 cm³/mol. The molecule has 0 rings (SSSR count). The van der Waals surface area contributed by atoms with E-state index in [1.807, 2.05) is 0 Å². The zero-order chi connectivity index (χ0) is 9.00. The van der Waals surface area contributed by atoms with Gasteiger partial charge in [0, 0.05) is 10.4 Å². The minimum absolute atomic E-state index is 0. The minimum atomic E-state index is -5.39. The Morgan fingerprint density at radius 1 is 0.812 bits per heavy atom. The topological polar surface area (TPSA) is 230 Å². The summed E-state index contributed by atoms with van der Waals surface area (Å²) in [6.07, 6.45) is 0. The molecule has 0 spiro atoms. The average Bonchev–Trinajstić information content (AvgIpc) is 1.12. The quantitative estimate of drug-likeness (QED) is 0.178. The number of phosphoric acid groups is 1. The van der Waals surface area contributed by atoms with Crippen molar-refractivity contribution in [1.82, 2.24) is 0 Å². The molecular formula is H4CaNa3O10PS. The standard InChI is InChI=1S/Ca.3Na.H3O4P.H2O4S.2H2O/c;;;;2*1-5(2,3)4;;/h;;;;(H3,1,2,3,4);(H2,1,2,3,4);2*1H2/q+2;3*+1;;;;/p-5. The summed E-state index contributed by atoms with van der Waals surface area (Å²) in [5.41, 5.74) is 0. The molecule has 4 N–H and O–H groups in total. The van der Waals surface area contributed by atoms with Gasteiger partial charge in [-0.1, -0.05) is 0 Å². The summed E-state index contributed by atoms with van der Waals surface area (Å²) < 4.78 is 42.6. The predicted octanol–water partition coefficient (Wildman–Crippen LogP) is -15.2. The smallest absolute Gasteiger partial charge is 0.822 e. The molecule has 0 aliphatic heterocycles. The van der Waals surface area contributed by atoms with Gasteiger partial charge in [-0.3, -0.25) is 8.42 Å². The average molecular weight is 336 g/mol. The summed E-state index contributed by atoms with van der Waals surface area (Å²) >= 11 is 0. The van der Waals surface area contributed by atoms with E-state index >= 15 is 0 Å². The Bertz CT molecular complexity index is 204. The fourth-order valence-electron chi connectivity index (χ4n) is 0. The summed E-state index contributed by atoms with van der Waals surface area (Å²) in [6.45, 7) is 0. The molecule has 16 heteroatoms. The Hall–Kier alpha value is 4.16. The van der Waals surface area contributed by atoms with E-state index in [0.29, 0.717) is 0 Å². The van der Waals surface area contributed by atoms with Crippen molar-refractivity contribution in [2.45, 2.75) is 0 Å². The van der Waals surface area contributed by atoms with Gasteiger partial charge in [0.15, 0.2) is 0 Å². The van der Waals surface area contributed by atoms with E-state index in [1.54, 1.807) is 0 Å². The molecule has 80 valence electrons. The molecule has 0 radical (unpaired) electrons. The van der Waals surface area contributed by atoms with Crippen LogP contribution in [0.5, 0.6) is 0 Å². The molecular weight excluding hydrogens is 332 g/mol. The Labute approximate surface area is 188 Å². The van der Waals surface area contributed by atoms with Gasteiger partial charge in [0.1, 0.15) is 0 Å². The van der Waals surface area contributed by atoms with Crippen LogP contribution in [0.4, 0.5) is 0 Å². The molecule has 0 bridgehead atoms. The number of rotatable bonds is 0. The van der Waals surface area contributed by atoms with E-state index in [4.69, 9.17) is 36.8 Å². The van der Waals surface area contributed by atoms with Crippen molar-refractivity contribution >= 4 is 56.0 Å². The number of hydrogen-bond acceptors (Lipinski definition) is 8. The summed E-state index contributed by atoms with van der Waals surface area (Å²) in [6, 6.07) is 0. The van der Waals surface area contributed by atoms with Crippen molar-refractivity contribution in [3.05, 3.63) is 0 Å². The monoisotopic (exact) mass is 336 g/mol. The van der Waals surface area contributed by atoms with Crippen LogP contribution in [0.15, 0.2) is 0 Å². The van der Waals surface area contributed by atoms with Gasteiger partial charge in [0.05, 0.1) is 0 Å². The zero-order valence-electron chi connectivity index (χ0n) is 8.83. The van der Waals surface area contributed by atoms with Crippen LogP contribution in [0.3, 0.4) is 0 Å². The summed E-state index contributed by atoms with van der Waals surface area (Å²) in [5, 5.41) is 0. The first-order valence-corrected chi connectivity index (χ1v) is 4.19. The molecule has 0 unspecified atom stereocenters. The summed E-state index contributed by atoms with van der Waals surface area (Å²) in [4.78, 5) is 25.6. The fourth-order valence-corrected chi connectivity index (χ4v) is 0. The van der Waals surface area contributed by atoms with E-state index in [9.17, 15) is 0 Å². The molecule has 0 atom stereocenters. The molecule has 16 heavy (non-hydrogen) atoms. The van der Waals surface area contributed by atoms with Crippen LogP contribution in [0, 0.1) is 0 Å². The molecule has 0 amide bonds. The van der Waals surface area contributed by atoms with Gasteiger partial charge in [0.25, 0.3) is 0 Å². The first kappa shape index (κ1) is 50.1. The molecule has 0 saturated heterocycles. The second-order valence-corrected chi connectivity index (χ2v) is 2.57. The van der Waals surface area contributed by atoms with Crippen molar-refractivity contribution in [3.63, 3.8) is 0 Å². The first-order valence-electron chi connectivity index (χ1n) is 1.40. The van der Waals surface area contributed by atoms with Gasteiger partial charge < -0.3 is 39.3 Å². The van der Waals surface area contributed by atoms with E-state index in [-0.39, 0.29) is 137 Å². The molecule has 10 nitrogen and oxygen atoms in total. The van der Waals surface area contributed by atoms with Crippen LogP contribution in [0.2, 0.25) is 0 Å². The van der Waals surface area contributed by atoms with Crippen LogP contribution < -0.4 is 103 Å². The van der Waals surface area contributed by atoms with Crippen LogP contribution in [-0.2, 0) is 15.0 Å². The van der Waals surface area contributed by atoms with Gasteiger partial charge in [-0.25, -0.2) is 0 Å². The van der Waals surface area contributed by atoms with E-state index in [2.05, 4.69) is 0 Å². The second kappa shape index (κ2) is 24.2. The largest absolute Gasteiger partial charge is 2.00 e. The Kier molecular flexibility index (Phi) is 75.7.